The van der Waals surface area contributed by atoms with E-state index in [-0.39, 0.29) is 23.1 Å². The molecule has 10 heteroatoms. The molecule has 0 radical (unpaired) electrons. The van der Waals surface area contributed by atoms with Crippen LogP contribution in [0.25, 0.3) is 11.3 Å². The van der Waals surface area contributed by atoms with E-state index in [0.717, 1.165) is 6.07 Å². The molecule has 0 atom stereocenters. The molecule has 0 saturated carbocycles. The Balaban J connectivity index is 1.92. The SMILES string of the molecule is COc1cccc(C=NNc2nc(-c3ccc(Cl)cc3)cc(C(F)(F)F)n2)c1O. The van der Waals surface area contributed by atoms with Crippen molar-refractivity contribution in [3.8, 4) is 22.8 Å². The van der Waals surface area contributed by atoms with E-state index in [1.165, 1.54) is 13.3 Å². The molecule has 0 unspecified atom stereocenters. The highest BCUT2D eigenvalue weighted by atomic mass is 35.5. The third-order valence-corrected chi connectivity index (χ3v) is 4.03. The number of para-hydroxylation sites is 1. The van der Waals surface area contributed by atoms with Gasteiger partial charge in [-0.15, -0.1) is 0 Å². The van der Waals surface area contributed by atoms with Crippen LogP contribution in [-0.2, 0) is 6.18 Å². The maximum atomic E-state index is 13.2. The Kier molecular flexibility index (Phi) is 5.88. The van der Waals surface area contributed by atoms with E-state index in [4.69, 9.17) is 16.3 Å². The molecular formula is C19H14ClF3N4O2. The summed E-state index contributed by atoms with van der Waals surface area (Å²) >= 11 is 5.82. The first-order chi connectivity index (χ1) is 13.8. The minimum Gasteiger partial charge on any atom is -0.504 e. The number of ether oxygens (including phenoxy) is 1. The molecule has 0 amide bonds. The number of phenolic OH excluding ortho intramolecular Hbond substituents is 1. The predicted octanol–water partition coefficient (Wildman–Crippen LogP) is 4.98. The Morgan fingerprint density at radius 3 is 2.52 bits per heavy atom. The Morgan fingerprint density at radius 2 is 1.86 bits per heavy atom. The molecule has 0 spiro atoms. The number of anilines is 1. The molecule has 0 saturated heterocycles. The van der Waals surface area contributed by atoms with E-state index in [1.54, 1.807) is 42.5 Å². The van der Waals surface area contributed by atoms with Gasteiger partial charge in [0.1, 0.15) is 0 Å². The first-order valence-electron chi connectivity index (χ1n) is 8.15. The largest absolute Gasteiger partial charge is 0.504 e. The molecule has 0 aliphatic rings. The molecular weight excluding hydrogens is 409 g/mol. The van der Waals surface area contributed by atoms with Crippen LogP contribution >= 0.6 is 11.6 Å². The number of methoxy groups -OCH3 is 1. The molecule has 6 nitrogen and oxygen atoms in total. The number of alkyl halides is 3. The van der Waals surface area contributed by atoms with Crippen LogP contribution in [0.15, 0.2) is 53.6 Å². The van der Waals surface area contributed by atoms with Crippen LogP contribution in [0.3, 0.4) is 0 Å². The van der Waals surface area contributed by atoms with Crippen LogP contribution in [0.5, 0.6) is 11.5 Å². The topological polar surface area (TPSA) is 79.6 Å². The van der Waals surface area contributed by atoms with Gasteiger partial charge in [-0.1, -0.05) is 29.8 Å². The Labute approximate surface area is 168 Å². The fourth-order valence-electron chi connectivity index (χ4n) is 2.38. The van der Waals surface area contributed by atoms with Crippen molar-refractivity contribution in [1.82, 2.24) is 9.97 Å². The van der Waals surface area contributed by atoms with Gasteiger partial charge in [0.2, 0.25) is 5.95 Å². The van der Waals surface area contributed by atoms with Gasteiger partial charge < -0.3 is 9.84 Å². The highest BCUT2D eigenvalue weighted by Gasteiger charge is 2.33. The maximum absolute atomic E-state index is 13.2. The quantitative estimate of drug-likeness (QED) is 0.448. The summed E-state index contributed by atoms with van der Waals surface area (Å²) in [5, 5.41) is 14.3. The Hall–Kier alpha value is -3.33. The lowest BCUT2D eigenvalue weighted by Gasteiger charge is -2.10. The van der Waals surface area contributed by atoms with Gasteiger partial charge >= 0.3 is 6.18 Å². The van der Waals surface area contributed by atoms with E-state index >= 15 is 0 Å². The third-order valence-electron chi connectivity index (χ3n) is 3.77. The summed E-state index contributed by atoms with van der Waals surface area (Å²) in [7, 11) is 1.39. The molecule has 29 heavy (non-hydrogen) atoms. The van der Waals surface area contributed by atoms with Gasteiger partial charge in [-0.2, -0.15) is 18.3 Å². The number of aromatic hydroxyl groups is 1. The zero-order valence-electron chi connectivity index (χ0n) is 14.9. The lowest BCUT2D eigenvalue weighted by molar-refractivity contribution is -0.141. The second-order valence-electron chi connectivity index (χ2n) is 5.73. The summed E-state index contributed by atoms with van der Waals surface area (Å²) < 4.78 is 44.7. The molecule has 0 aliphatic heterocycles. The van der Waals surface area contributed by atoms with Crippen molar-refractivity contribution < 1.29 is 23.0 Å². The number of halogens is 4. The summed E-state index contributed by atoms with van der Waals surface area (Å²) in [5.41, 5.74) is 2.01. The molecule has 0 fully saturated rings. The fraction of sp³-hybridized carbons (Fsp3) is 0.105. The van der Waals surface area contributed by atoms with Crippen LogP contribution < -0.4 is 10.2 Å². The van der Waals surface area contributed by atoms with Gasteiger partial charge in [0.05, 0.1) is 19.0 Å². The number of nitrogens with one attached hydrogen (secondary N) is 1. The van der Waals surface area contributed by atoms with Gasteiger partial charge in [-0.05, 0) is 30.3 Å². The second kappa shape index (κ2) is 8.36. The van der Waals surface area contributed by atoms with E-state index < -0.39 is 11.9 Å². The van der Waals surface area contributed by atoms with Crippen LogP contribution in [0.1, 0.15) is 11.3 Å². The number of rotatable bonds is 5. The maximum Gasteiger partial charge on any atom is 0.433 e. The van der Waals surface area contributed by atoms with Crippen LogP contribution in [0, 0.1) is 0 Å². The molecule has 3 rings (SSSR count). The van der Waals surface area contributed by atoms with Crippen molar-refractivity contribution in [2.45, 2.75) is 6.18 Å². The minimum atomic E-state index is -4.67. The summed E-state index contributed by atoms with van der Waals surface area (Å²) in [6.07, 6.45) is -3.46. The standard InChI is InChI=1S/C19H14ClF3N4O2/c1-29-15-4-2-3-12(17(15)28)10-24-27-18-25-14(9-16(26-18)19(21,22)23)11-5-7-13(20)8-6-11/h2-10,28H,1H3,(H,25,26,27). The van der Waals surface area contributed by atoms with Crippen LogP contribution in [0.2, 0.25) is 5.02 Å². The summed E-state index contributed by atoms with van der Waals surface area (Å²) in [6.45, 7) is 0. The molecule has 1 aromatic heterocycles. The summed E-state index contributed by atoms with van der Waals surface area (Å²) in [4.78, 5) is 7.53. The lowest BCUT2D eigenvalue weighted by atomic mass is 10.1. The average Bonchev–Trinajstić information content (AvgIpc) is 2.69. The van der Waals surface area contributed by atoms with Gasteiger partial charge in [0.15, 0.2) is 17.2 Å². The monoisotopic (exact) mass is 422 g/mol. The van der Waals surface area contributed by atoms with Crippen molar-refractivity contribution in [2.75, 3.05) is 12.5 Å². The molecule has 0 bridgehead atoms. The van der Waals surface area contributed by atoms with Crippen LogP contribution in [-0.4, -0.2) is 28.4 Å². The molecule has 150 valence electrons. The van der Waals surface area contributed by atoms with Gasteiger partial charge in [-0.25, -0.2) is 15.4 Å². The molecule has 2 N–H and O–H groups in total. The minimum absolute atomic E-state index is 0.0471. The number of hydrogen-bond acceptors (Lipinski definition) is 6. The van der Waals surface area contributed by atoms with E-state index in [1.807, 2.05) is 0 Å². The average molecular weight is 423 g/mol. The molecule has 0 aliphatic carbocycles. The summed E-state index contributed by atoms with van der Waals surface area (Å²) in [5.74, 6) is -0.287. The highest BCUT2D eigenvalue weighted by Crippen LogP contribution is 2.31. The number of benzene rings is 2. The van der Waals surface area contributed by atoms with E-state index in [9.17, 15) is 18.3 Å². The van der Waals surface area contributed by atoms with Crippen molar-refractivity contribution in [1.29, 1.82) is 0 Å². The Bertz CT molecular complexity index is 1040. The van der Waals surface area contributed by atoms with Gasteiger partial charge in [0, 0.05) is 16.1 Å². The zero-order valence-corrected chi connectivity index (χ0v) is 15.7. The van der Waals surface area contributed by atoms with Crippen molar-refractivity contribution in [3.05, 3.63) is 64.8 Å². The zero-order chi connectivity index (χ0) is 21.0. The second-order valence-corrected chi connectivity index (χ2v) is 6.17. The smallest absolute Gasteiger partial charge is 0.433 e. The first kappa shape index (κ1) is 20.4. The third kappa shape index (κ3) is 4.94. The van der Waals surface area contributed by atoms with Crippen LogP contribution in [0.4, 0.5) is 19.1 Å². The lowest BCUT2D eigenvalue weighted by Crippen LogP contribution is -2.11. The predicted molar refractivity (Wildman–Crippen MR) is 103 cm³/mol. The Morgan fingerprint density at radius 1 is 1.14 bits per heavy atom. The highest BCUT2D eigenvalue weighted by molar-refractivity contribution is 6.30. The summed E-state index contributed by atoms with van der Waals surface area (Å²) in [6, 6.07) is 11.7. The van der Waals surface area contributed by atoms with Crippen molar-refractivity contribution in [3.63, 3.8) is 0 Å². The van der Waals surface area contributed by atoms with Crippen molar-refractivity contribution >= 4 is 23.8 Å². The molecule has 3 aromatic rings. The number of hydrazone groups is 1. The van der Waals surface area contributed by atoms with Gasteiger partial charge in [-0.3, -0.25) is 0 Å². The van der Waals surface area contributed by atoms with E-state index in [2.05, 4.69) is 20.5 Å². The number of nitrogens with zero attached hydrogens (tertiary/aromatic N) is 3. The number of phenols is 1. The molecule has 2 aromatic carbocycles. The fourth-order valence-corrected chi connectivity index (χ4v) is 2.50. The normalized spacial score (nSPS) is 11.6. The number of hydrogen-bond donors (Lipinski definition) is 2. The van der Waals surface area contributed by atoms with Crippen molar-refractivity contribution in [2.24, 2.45) is 5.10 Å². The first-order valence-corrected chi connectivity index (χ1v) is 8.53. The molecule has 1 heterocycles. The number of aromatic nitrogens is 2. The van der Waals surface area contributed by atoms with E-state index in [0.29, 0.717) is 16.1 Å². The van der Waals surface area contributed by atoms with Gasteiger partial charge in [0.25, 0.3) is 0 Å².